The van der Waals surface area contributed by atoms with Crippen LogP contribution >= 0.6 is 0 Å². The minimum absolute atomic E-state index is 0.132. The van der Waals surface area contributed by atoms with Gasteiger partial charge < -0.3 is 4.74 Å². The van der Waals surface area contributed by atoms with E-state index < -0.39 is 10.9 Å². The van der Waals surface area contributed by atoms with Crippen molar-refractivity contribution in [2.75, 3.05) is 0 Å². The lowest BCUT2D eigenvalue weighted by atomic mass is 10.1. The van der Waals surface area contributed by atoms with Crippen molar-refractivity contribution in [1.82, 2.24) is 0 Å². The smallest absolute Gasteiger partial charge is 0.315 e. The van der Waals surface area contributed by atoms with Gasteiger partial charge in [0.2, 0.25) is 0 Å². The zero-order valence-corrected chi connectivity index (χ0v) is 10.6. The molecular weight excluding hydrogens is 250 g/mol. The molecule has 0 aliphatic carbocycles. The molecule has 100 valence electrons. The number of ketones is 1. The second kappa shape index (κ2) is 6.44. The summed E-state index contributed by atoms with van der Waals surface area (Å²) in [5.41, 5.74) is 0.140. The molecular formula is C13H13NO5. The third-order valence-electron chi connectivity index (χ3n) is 2.20. The highest BCUT2D eigenvalue weighted by atomic mass is 16.6. The fourth-order valence-electron chi connectivity index (χ4n) is 1.53. The van der Waals surface area contributed by atoms with Crippen LogP contribution in [-0.2, 0) is 20.7 Å². The molecule has 0 N–H and O–H groups in total. The number of hydrogen-bond acceptors (Lipinski definition) is 5. The number of carbonyl (C=O) groups is 2. The van der Waals surface area contributed by atoms with E-state index in [4.69, 9.17) is 4.74 Å². The summed E-state index contributed by atoms with van der Waals surface area (Å²) in [7, 11) is 0. The van der Waals surface area contributed by atoms with E-state index in [1.807, 2.05) is 0 Å². The highest BCUT2D eigenvalue weighted by Crippen LogP contribution is 2.18. The lowest BCUT2D eigenvalue weighted by molar-refractivity contribution is -0.385. The van der Waals surface area contributed by atoms with Crippen molar-refractivity contribution in [3.05, 3.63) is 51.8 Å². The van der Waals surface area contributed by atoms with Crippen LogP contribution in [0.3, 0.4) is 0 Å². The average molecular weight is 263 g/mol. The minimum atomic E-state index is -0.649. The molecule has 0 unspecified atom stereocenters. The quantitative estimate of drug-likeness (QED) is 0.267. The Labute approximate surface area is 109 Å². The van der Waals surface area contributed by atoms with Crippen LogP contribution in [-0.4, -0.2) is 16.7 Å². The average Bonchev–Trinajstić information content (AvgIpc) is 2.27. The van der Waals surface area contributed by atoms with Crippen LogP contribution in [0.5, 0.6) is 0 Å². The first-order valence-corrected chi connectivity index (χ1v) is 5.52. The second-order valence-electron chi connectivity index (χ2n) is 3.90. The summed E-state index contributed by atoms with van der Waals surface area (Å²) in [6.45, 7) is 2.80. The Balaban J connectivity index is 2.78. The standard InChI is InChI=1S/C13H13NO5/c1-9(15)7-10(2)19-13(16)8-11-5-3-4-6-12(11)14(17)18/h3-7H,8H2,1-2H3/b10-7+. The van der Waals surface area contributed by atoms with Gasteiger partial charge in [0.05, 0.1) is 11.3 Å². The van der Waals surface area contributed by atoms with Gasteiger partial charge in [-0.15, -0.1) is 0 Å². The monoisotopic (exact) mass is 263 g/mol. The van der Waals surface area contributed by atoms with E-state index in [1.165, 1.54) is 38.1 Å². The number of rotatable bonds is 5. The number of ether oxygens (including phenoxy) is 1. The summed E-state index contributed by atoms with van der Waals surface area (Å²) in [4.78, 5) is 32.6. The lowest BCUT2D eigenvalue weighted by Crippen LogP contribution is -2.09. The van der Waals surface area contributed by atoms with E-state index in [0.29, 0.717) is 0 Å². The van der Waals surface area contributed by atoms with E-state index in [-0.39, 0.29) is 29.2 Å². The van der Waals surface area contributed by atoms with Crippen LogP contribution in [0.1, 0.15) is 19.4 Å². The maximum atomic E-state index is 11.6. The van der Waals surface area contributed by atoms with E-state index in [0.717, 1.165) is 0 Å². The normalized spacial score (nSPS) is 10.9. The first kappa shape index (κ1) is 14.6. The van der Waals surface area contributed by atoms with Crippen molar-refractivity contribution in [1.29, 1.82) is 0 Å². The number of esters is 1. The van der Waals surface area contributed by atoms with Gasteiger partial charge >= 0.3 is 5.97 Å². The number of nitrogens with zero attached hydrogens (tertiary/aromatic N) is 1. The third kappa shape index (κ3) is 4.71. The maximum absolute atomic E-state index is 11.6. The Morgan fingerprint density at radius 2 is 1.95 bits per heavy atom. The van der Waals surface area contributed by atoms with Crippen LogP contribution < -0.4 is 0 Å². The van der Waals surface area contributed by atoms with Gasteiger partial charge in [0, 0.05) is 17.7 Å². The summed E-state index contributed by atoms with van der Waals surface area (Å²) in [5.74, 6) is -0.726. The Morgan fingerprint density at radius 3 is 2.53 bits per heavy atom. The van der Waals surface area contributed by atoms with Gasteiger partial charge in [0.15, 0.2) is 5.78 Å². The molecule has 0 aliphatic rings. The topological polar surface area (TPSA) is 86.5 Å². The summed E-state index contributed by atoms with van der Waals surface area (Å²) >= 11 is 0. The second-order valence-corrected chi connectivity index (χ2v) is 3.90. The number of hydrogen-bond donors (Lipinski definition) is 0. The summed E-state index contributed by atoms with van der Waals surface area (Å²) in [6.07, 6.45) is 0.956. The van der Waals surface area contributed by atoms with Gasteiger partial charge in [-0.2, -0.15) is 0 Å². The first-order chi connectivity index (χ1) is 8.90. The summed E-state index contributed by atoms with van der Waals surface area (Å²) in [5, 5.41) is 10.8. The van der Waals surface area contributed by atoms with Gasteiger partial charge in [-0.25, -0.2) is 0 Å². The molecule has 0 saturated carbocycles. The lowest BCUT2D eigenvalue weighted by Gasteiger charge is -2.04. The SMILES string of the molecule is CC(=O)/C=C(\C)OC(=O)Cc1ccccc1[N+](=O)[O-]. The molecule has 1 aromatic carbocycles. The highest BCUT2D eigenvalue weighted by molar-refractivity contribution is 5.88. The number of allylic oxidation sites excluding steroid dienone is 2. The van der Waals surface area contributed by atoms with E-state index >= 15 is 0 Å². The summed E-state index contributed by atoms with van der Waals surface area (Å²) in [6, 6.07) is 5.94. The van der Waals surface area contributed by atoms with Crippen LogP contribution in [0, 0.1) is 10.1 Å². The maximum Gasteiger partial charge on any atom is 0.315 e. The number of carbonyl (C=O) groups excluding carboxylic acids is 2. The molecule has 0 atom stereocenters. The van der Waals surface area contributed by atoms with Crippen LogP contribution in [0.25, 0.3) is 0 Å². The molecule has 0 saturated heterocycles. The van der Waals surface area contributed by atoms with Crippen molar-refractivity contribution in [2.45, 2.75) is 20.3 Å². The predicted molar refractivity (Wildman–Crippen MR) is 67.3 cm³/mol. The molecule has 0 bridgehead atoms. The molecule has 0 aliphatic heterocycles. The highest BCUT2D eigenvalue weighted by Gasteiger charge is 2.16. The molecule has 0 amide bonds. The van der Waals surface area contributed by atoms with Gasteiger partial charge in [0.1, 0.15) is 5.76 Å². The number of para-hydroxylation sites is 1. The van der Waals surface area contributed by atoms with Crippen molar-refractivity contribution in [2.24, 2.45) is 0 Å². The molecule has 1 rings (SSSR count). The number of nitro benzene ring substituents is 1. The first-order valence-electron chi connectivity index (χ1n) is 5.52. The van der Waals surface area contributed by atoms with Crippen LogP contribution in [0.4, 0.5) is 5.69 Å². The Hall–Kier alpha value is -2.50. The van der Waals surface area contributed by atoms with Crippen molar-refractivity contribution >= 4 is 17.4 Å². The van der Waals surface area contributed by atoms with Gasteiger partial charge in [-0.3, -0.25) is 19.7 Å². The predicted octanol–water partition coefficient (Wildman–Crippen LogP) is 2.17. The molecule has 0 aromatic heterocycles. The third-order valence-corrected chi connectivity index (χ3v) is 2.20. The van der Waals surface area contributed by atoms with Gasteiger partial charge in [0.25, 0.3) is 5.69 Å². The van der Waals surface area contributed by atoms with Gasteiger partial charge in [-0.05, 0) is 13.8 Å². The molecule has 0 spiro atoms. The Bertz CT molecular complexity index is 548. The van der Waals surface area contributed by atoms with Gasteiger partial charge in [-0.1, -0.05) is 18.2 Å². The fourth-order valence-corrected chi connectivity index (χ4v) is 1.53. The van der Waals surface area contributed by atoms with Crippen molar-refractivity contribution < 1.29 is 19.2 Å². The van der Waals surface area contributed by atoms with E-state index in [9.17, 15) is 19.7 Å². The van der Waals surface area contributed by atoms with Crippen molar-refractivity contribution in [3.8, 4) is 0 Å². The Morgan fingerprint density at radius 1 is 1.32 bits per heavy atom. The minimum Gasteiger partial charge on any atom is -0.431 e. The zero-order chi connectivity index (χ0) is 14.4. The molecule has 6 nitrogen and oxygen atoms in total. The summed E-state index contributed by atoms with van der Waals surface area (Å²) < 4.78 is 4.88. The molecule has 0 radical (unpaired) electrons. The largest absolute Gasteiger partial charge is 0.431 e. The molecule has 0 heterocycles. The van der Waals surface area contributed by atoms with Crippen LogP contribution in [0.2, 0.25) is 0 Å². The van der Waals surface area contributed by atoms with E-state index in [2.05, 4.69) is 0 Å². The fraction of sp³-hybridized carbons (Fsp3) is 0.231. The van der Waals surface area contributed by atoms with E-state index in [1.54, 1.807) is 6.07 Å². The number of nitro groups is 1. The van der Waals surface area contributed by atoms with Crippen molar-refractivity contribution in [3.63, 3.8) is 0 Å². The number of benzene rings is 1. The molecule has 19 heavy (non-hydrogen) atoms. The van der Waals surface area contributed by atoms with Crippen LogP contribution in [0.15, 0.2) is 36.1 Å². The molecule has 0 fully saturated rings. The molecule has 1 aromatic rings. The Kier molecular flexibility index (Phi) is 4.93. The molecule has 6 heteroatoms. The zero-order valence-electron chi connectivity index (χ0n) is 10.6.